The van der Waals surface area contributed by atoms with Crippen molar-refractivity contribution in [2.45, 2.75) is 77.7 Å². The first-order chi connectivity index (χ1) is 9.31. The van der Waals surface area contributed by atoms with Gasteiger partial charge in [0.1, 0.15) is 0 Å². The van der Waals surface area contributed by atoms with Gasteiger partial charge in [0, 0.05) is 12.6 Å². The maximum Gasteiger partial charge on any atom is 0.0220 e. The normalized spacial score (nSPS) is 18.9. The lowest BCUT2D eigenvalue weighted by Crippen LogP contribution is -2.45. The van der Waals surface area contributed by atoms with Gasteiger partial charge in [-0.2, -0.15) is 0 Å². The zero-order valence-electron chi connectivity index (χ0n) is 13.6. The molecule has 1 aliphatic carbocycles. The van der Waals surface area contributed by atoms with Gasteiger partial charge in [0.15, 0.2) is 0 Å². The van der Waals surface area contributed by atoms with Crippen molar-refractivity contribution < 1.29 is 0 Å². The van der Waals surface area contributed by atoms with Crippen LogP contribution in [0.5, 0.6) is 0 Å². The van der Waals surface area contributed by atoms with E-state index in [1.54, 1.807) is 0 Å². The summed E-state index contributed by atoms with van der Waals surface area (Å²) in [6, 6.07) is 0.717. The lowest BCUT2D eigenvalue weighted by atomic mass is 9.83. The van der Waals surface area contributed by atoms with E-state index < -0.39 is 0 Å². The Kier molecular flexibility index (Phi) is 9.54. The van der Waals surface area contributed by atoms with Crippen LogP contribution in [0, 0.1) is 5.92 Å². The first-order valence-corrected chi connectivity index (χ1v) is 8.71. The van der Waals surface area contributed by atoms with E-state index in [1.807, 2.05) is 0 Å². The number of hydrogen-bond acceptors (Lipinski definition) is 2. The quantitative estimate of drug-likeness (QED) is 0.643. The summed E-state index contributed by atoms with van der Waals surface area (Å²) in [5.41, 5.74) is 0. The molecule has 1 N–H and O–H groups in total. The fraction of sp³-hybridized carbons (Fsp3) is 1.00. The van der Waals surface area contributed by atoms with E-state index in [0.717, 1.165) is 5.92 Å². The fourth-order valence-electron chi connectivity index (χ4n) is 3.35. The zero-order valence-corrected chi connectivity index (χ0v) is 13.6. The van der Waals surface area contributed by atoms with Crippen LogP contribution in [0.1, 0.15) is 71.6 Å². The molecule has 0 heterocycles. The van der Waals surface area contributed by atoms with Crippen molar-refractivity contribution in [2.75, 3.05) is 26.7 Å². The minimum atomic E-state index is 0.717. The van der Waals surface area contributed by atoms with Gasteiger partial charge in [0.05, 0.1) is 0 Å². The van der Waals surface area contributed by atoms with Crippen molar-refractivity contribution in [3.63, 3.8) is 0 Å². The second-order valence-electron chi connectivity index (χ2n) is 6.30. The first kappa shape index (κ1) is 17.0. The molecule has 0 aromatic heterocycles. The van der Waals surface area contributed by atoms with Gasteiger partial charge in [-0.1, -0.05) is 46.0 Å². The number of hydrogen-bond donors (Lipinski definition) is 1. The molecule has 0 aliphatic heterocycles. The van der Waals surface area contributed by atoms with E-state index in [-0.39, 0.29) is 0 Å². The molecule has 1 atom stereocenters. The second-order valence-corrected chi connectivity index (χ2v) is 6.30. The molecular weight excluding hydrogens is 232 g/mol. The van der Waals surface area contributed by atoms with Gasteiger partial charge in [-0.15, -0.1) is 0 Å². The Morgan fingerprint density at radius 3 is 2.05 bits per heavy atom. The van der Waals surface area contributed by atoms with E-state index in [4.69, 9.17) is 0 Å². The SMILES string of the molecule is CCCCN(CCCC)CC(NC)C1CCCCC1. The highest BCUT2D eigenvalue weighted by atomic mass is 15.1. The summed E-state index contributed by atoms with van der Waals surface area (Å²) in [5.74, 6) is 0.921. The maximum atomic E-state index is 3.61. The Morgan fingerprint density at radius 2 is 1.58 bits per heavy atom. The van der Waals surface area contributed by atoms with Crippen LogP contribution < -0.4 is 5.32 Å². The third-order valence-electron chi connectivity index (χ3n) is 4.70. The smallest absolute Gasteiger partial charge is 0.0220 e. The third-order valence-corrected chi connectivity index (χ3v) is 4.70. The van der Waals surface area contributed by atoms with Gasteiger partial charge >= 0.3 is 0 Å². The van der Waals surface area contributed by atoms with Crippen molar-refractivity contribution in [2.24, 2.45) is 5.92 Å². The van der Waals surface area contributed by atoms with Crippen molar-refractivity contribution in [1.29, 1.82) is 0 Å². The van der Waals surface area contributed by atoms with E-state index in [0.29, 0.717) is 6.04 Å². The molecule has 0 aromatic rings. The Balaban J connectivity index is 2.42. The van der Waals surface area contributed by atoms with Crippen LogP contribution in [-0.4, -0.2) is 37.6 Å². The van der Waals surface area contributed by atoms with Crippen LogP contribution in [0.25, 0.3) is 0 Å². The van der Waals surface area contributed by atoms with E-state index in [2.05, 4.69) is 31.1 Å². The van der Waals surface area contributed by atoms with E-state index in [1.165, 1.54) is 77.4 Å². The lowest BCUT2D eigenvalue weighted by Gasteiger charge is -2.34. The predicted octanol–water partition coefficient (Wildman–Crippen LogP) is 4.06. The molecule has 0 bridgehead atoms. The summed E-state index contributed by atoms with van der Waals surface area (Å²) in [6.45, 7) is 8.45. The number of nitrogens with one attached hydrogen (secondary N) is 1. The summed E-state index contributed by atoms with van der Waals surface area (Å²) in [6.07, 6.45) is 12.6. The highest BCUT2D eigenvalue weighted by Gasteiger charge is 2.23. The third kappa shape index (κ3) is 6.76. The van der Waals surface area contributed by atoms with Crippen molar-refractivity contribution in [3.05, 3.63) is 0 Å². The fourth-order valence-corrected chi connectivity index (χ4v) is 3.35. The Morgan fingerprint density at radius 1 is 1.00 bits per heavy atom. The summed E-state index contributed by atoms with van der Waals surface area (Å²) < 4.78 is 0. The van der Waals surface area contributed by atoms with Crippen LogP contribution in [0.15, 0.2) is 0 Å². The molecule has 0 radical (unpaired) electrons. The number of rotatable bonds is 10. The number of likely N-dealkylation sites (N-methyl/N-ethyl adjacent to an activating group) is 1. The topological polar surface area (TPSA) is 15.3 Å². The molecule has 0 spiro atoms. The molecule has 0 aromatic carbocycles. The Hall–Kier alpha value is -0.0800. The molecular formula is C17H36N2. The molecule has 114 valence electrons. The monoisotopic (exact) mass is 268 g/mol. The largest absolute Gasteiger partial charge is 0.315 e. The van der Waals surface area contributed by atoms with Crippen molar-refractivity contribution in [3.8, 4) is 0 Å². The molecule has 2 heteroatoms. The average Bonchev–Trinajstić information content (AvgIpc) is 2.47. The zero-order chi connectivity index (χ0) is 13.9. The molecule has 2 nitrogen and oxygen atoms in total. The standard InChI is InChI=1S/C17H36N2/c1-4-6-13-19(14-7-5-2)15-17(18-3)16-11-9-8-10-12-16/h16-18H,4-15H2,1-3H3. The highest BCUT2D eigenvalue weighted by molar-refractivity contribution is 4.81. The van der Waals surface area contributed by atoms with Crippen LogP contribution in [0.4, 0.5) is 0 Å². The van der Waals surface area contributed by atoms with E-state index in [9.17, 15) is 0 Å². The van der Waals surface area contributed by atoms with Crippen LogP contribution in [0.3, 0.4) is 0 Å². The Bertz CT molecular complexity index is 191. The minimum Gasteiger partial charge on any atom is -0.315 e. The van der Waals surface area contributed by atoms with Crippen LogP contribution in [-0.2, 0) is 0 Å². The summed E-state index contributed by atoms with van der Waals surface area (Å²) in [5, 5.41) is 3.61. The predicted molar refractivity (Wildman–Crippen MR) is 85.7 cm³/mol. The summed E-state index contributed by atoms with van der Waals surface area (Å²) >= 11 is 0. The van der Waals surface area contributed by atoms with Gasteiger partial charge in [-0.3, -0.25) is 0 Å². The van der Waals surface area contributed by atoms with Crippen LogP contribution >= 0.6 is 0 Å². The summed E-state index contributed by atoms with van der Waals surface area (Å²) in [7, 11) is 2.16. The maximum absolute atomic E-state index is 3.61. The van der Waals surface area contributed by atoms with Crippen molar-refractivity contribution >= 4 is 0 Å². The molecule has 1 fully saturated rings. The summed E-state index contributed by atoms with van der Waals surface area (Å²) in [4.78, 5) is 2.71. The minimum absolute atomic E-state index is 0.717. The van der Waals surface area contributed by atoms with E-state index >= 15 is 0 Å². The molecule has 1 unspecified atom stereocenters. The number of nitrogens with zero attached hydrogens (tertiary/aromatic N) is 1. The second kappa shape index (κ2) is 10.7. The van der Waals surface area contributed by atoms with Gasteiger partial charge in [-0.05, 0) is 51.7 Å². The van der Waals surface area contributed by atoms with Gasteiger partial charge in [-0.25, -0.2) is 0 Å². The highest BCUT2D eigenvalue weighted by Crippen LogP contribution is 2.26. The molecule has 19 heavy (non-hydrogen) atoms. The molecule has 1 aliphatic rings. The first-order valence-electron chi connectivity index (χ1n) is 8.71. The van der Waals surface area contributed by atoms with Gasteiger partial charge < -0.3 is 10.2 Å². The Labute approximate surface area is 121 Å². The van der Waals surface area contributed by atoms with Crippen LogP contribution in [0.2, 0.25) is 0 Å². The molecule has 1 saturated carbocycles. The van der Waals surface area contributed by atoms with Crippen molar-refractivity contribution in [1.82, 2.24) is 10.2 Å². The van der Waals surface area contributed by atoms with Gasteiger partial charge in [0.25, 0.3) is 0 Å². The number of unbranched alkanes of at least 4 members (excludes halogenated alkanes) is 2. The molecule has 0 saturated heterocycles. The molecule has 1 rings (SSSR count). The lowest BCUT2D eigenvalue weighted by molar-refractivity contribution is 0.185. The molecule has 0 amide bonds. The average molecular weight is 268 g/mol. The van der Waals surface area contributed by atoms with Gasteiger partial charge in [0.2, 0.25) is 0 Å².